The number of fused-ring (bicyclic) bond motifs is 1. The Balaban J connectivity index is 1.53. The van der Waals surface area contributed by atoms with Gasteiger partial charge < -0.3 is 15.5 Å². The summed E-state index contributed by atoms with van der Waals surface area (Å²) < 4.78 is 2.18. The molecule has 0 spiro atoms. The molecule has 1 unspecified atom stereocenters. The summed E-state index contributed by atoms with van der Waals surface area (Å²) >= 11 is 0. The van der Waals surface area contributed by atoms with Crippen LogP contribution in [0.2, 0.25) is 0 Å². The van der Waals surface area contributed by atoms with Crippen LogP contribution in [-0.2, 0) is 6.54 Å². The molecule has 1 aromatic heterocycles. The van der Waals surface area contributed by atoms with Crippen LogP contribution in [0.15, 0.2) is 24.3 Å². The van der Waals surface area contributed by atoms with Gasteiger partial charge in [-0.1, -0.05) is 32.4 Å². The molecule has 5 heteroatoms. The van der Waals surface area contributed by atoms with E-state index in [-0.39, 0.29) is 0 Å². The van der Waals surface area contributed by atoms with Gasteiger partial charge in [0.15, 0.2) is 5.82 Å². The Morgan fingerprint density at radius 2 is 2.04 bits per heavy atom. The maximum absolute atomic E-state index is 4.89. The highest BCUT2D eigenvalue weighted by molar-refractivity contribution is 5.90. The number of nitrogens with one attached hydrogen (secondary N) is 2. The van der Waals surface area contributed by atoms with Gasteiger partial charge in [0, 0.05) is 24.5 Å². The van der Waals surface area contributed by atoms with E-state index in [4.69, 9.17) is 5.10 Å². The molecule has 1 aromatic carbocycles. The molecule has 1 fully saturated rings. The number of rotatable bonds is 11. The minimum absolute atomic E-state index is 0.718. The Labute approximate surface area is 164 Å². The van der Waals surface area contributed by atoms with Gasteiger partial charge >= 0.3 is 0 Å². The Bertz CT molecular complexity index is 670. The zero-order valence-electron chi connectivity index (χ0n) is 17.2. The summed E-state index contributed by atoms with van der Waals surface area (Å²) in [4.78, 5) is 2.48. The zero-order valence-corrected chi connectivity index (χ0v) is 17.2. The average Bonchev–Trinajstić information content (AvgIpc) is 3.07. The maximum atomic E-state index is 4.89. The van der Waals surface area contributed by atoms with Crippen LogP contribution in [0.3, 0.4) is 0 Å². The monoisotopic (exact) mass is 371 g/mol. The van der Waals surface area contributed by atoms with Crippen molar-refractivity contribution in [3.8, 4) is 0 Å². The highest BCUT2D eigenvalue weighted by Gasteiger charge is 2.13. The summed E-state index contributed by atoms with van der Waals surface area (Å²) in [6.07, 6.45) is 7.65. The fourth-order valence-corrected chi connectivity index (χ4v) is 4.14. The molecule has 0 radical (unpaired) electrons. The van der Waals surface area contributed by atoms with Crippen molar-refractivity contribution in [2.75, 3.05) is 38.0 Å². The molecular weight excluding hydrogens is 334 g/mol. The van der Waals surface area contributed by atoms with Crippen molar-refractivity contribution in [3.63, 3.8) is 0 Å². The van der Waals surface area contributed by atoms with Gasteiger partial charge in [-0.3, -0.25) is 4.68 Å². The molecule has 2 aromatic rings. The first-order valence-electron chi connectivity index (χ1n) is 11.0. The third kappa shape index (κ3) is 5.69. The lowest BCUT2D eigenvalue weighted by Crippen LogP contribution is -2.34. The topological polar surface area (TPSA) is 45.1 Å². The molecule has 0 aliphatic carbocycles. The number of hydrogen-bond donors (Lipinski definition) is 2. The van der Waals surface area contributed by atoms with Gasteiger partial charge in [-0.2, -0.15) is 5.10 Å². The molecule has 5 nitrogen and oxygen atoms in total. The molecule has 1 atom stereocenters. The van der Waals surface area contributed by atoms with E-state index in [9.17, 15) is 0 Å². The van der Waals surface area contributed by atoms with Gasteiger partial charge in [0.05, 0.1) is 5.52 Å². The lowest BCUT2D eigenvalue weighted by molar-refractivity contribution is 0.292. The smallest absolute Gasteiger partial charge is 0.155 e. The summed E-state index contributed by atoms with van der Waals surface area (Å²) in [5.41, 5.74) is 1.24. The number of benzene rings is 1. The van der Waals surface area contributed by atoms with E-state index in [0.29, 0.717) is 0 Å². The lowest BCUT2D eigenvalue weighted by atomic mass is 10.0. The molecular formula is C22H37N5. The summed E-state index contributed by atoms with van der Waals surface area (Å²) in [6.45, 7) is 11.0. The summed E-state index contributed by atoms with van der Waals surface area (Å²) in [5.74, 6) is 1.05. The highest BCUT2D eigenvalue weighted by Crippen LogP contribution is 2.23. The van der Waals surface area contributed by atoms with E-state index in [1.54, 1.807) is 0 Å². The van der Waals surface area contributed by atoms with Crippen molar-refractivity contribution in [1.29, 1.82) is 0 Å². The largest absolute Gasteiger partial charge is 0.368 e. The van der Waals surface area contributed by atoms with Crippen molar-refractivity contribution >= 4 is 16.7 Å². The van der Waals surface area contributed by atoms with E-state index in [2.05, 4.69) is 58.3 Å². The Morgan fingerprint density at radius 3 is 2.81 bits per heavy atom. The van der Waals surface area contributed by atoms with Crippen molar-refractivity contribution < 1.29 is 0 Å². The number of piperidine rings is 1. The Morgan fingerprint density at radius 1 is 1.19 bits per heavy atom. The number of nitrogens with zero attached hydrogens (tertiary/aromatic N) is 3. The second-order valence-electron chi connectivity index (χ2n) is 7.69. The second-order valence-corrected chi connectivity index (χ2v) is 7.69. The second kappa shape index (κ2) is 10.7. The molecule has 3 rings (SSSR count). The van der Waals surface area contributed by atoms with Crippen molar-refractivity contribution in [2.45, 2.75) is 65.0 Å². The SMILES string of the molecule is CCN(CC)CCCn1nc(NCCCC2CCCCN2)c2ccccc21. The molecule has 1 aliphatic heterocycles. The molecule has 150 valence electrons. The quantitative estimate of drug-likeness (QED) is 0.584. The number of aromatic nitrogens is 2. The molecule has 27 heavy (non-hydrogen) atoms. The molecule has 2 N–H and O–H groups in total. The van der Waals surface area contributed by atoms with Crippen LogP contribution in [-0.4, -0.2) is 53.4 Å². The third-order valence-electron chi connectivity index (χ3n) is 5.83. The van der Waals surface area contributed by atoms with Crippen LogP contribution in [0.25, 0.3) is 10.9 Å². The van der Waals surface area contributed by atoms with Crippen LogP contribution in [0.5, 0.6) is 0 Å². The minimum Gasteiger partial charge on any atom is -0.368 e. The van der Waals surface area contributed by atoms with E-state index in [0.717, 1.165) is 51.0 Å². The van der Waals surface area contributed by atoms with Crippen LogP contribution in [0.1, 0.15) is 52.4 Å². The average molecular weight is 372 g/mol. The summed E-state index contributed by atoms with van der Waals surface area (Å²) in [7, 11) is 0. The summed E-state index contributed by atoms with van der Waals surface area (Å²) in [5, 5.41) is 13.4. The first-order valence-corrected chi connectivity index (χ1v) is 11.0. The molecule has 0 bridgehead atoms. The van der Waals surface area contributed by atoms with Gasteiger partial charge in [0.2, 0.25) is 0 Å². The summed E-state index contributed by atoms with van der Waals surface area (Å²) in [6, 6.07) is 9.32. The van der Waals surface area contributed by atoms with Crippen LogP contribution in [0, 0.1) is 0 Å². The molecule has 0 amide bonds. The Hall–Kier alpha value is -1.59. The van der Waals surface area contributed by atoms with E-state index in [1.807, 2.05) is 0 Å². The predicted octanol–water partition coefficient (Wildman–Crippen LogP) is 4.10. The zero-order chi connectivity index (χ0) is 18.9. The Kier molecular flexibility index (Phi) is 7.96. The number of hydrogen-bond acceptors (Lipinski definition) is 4. The number of aryl methyl sites for hydroxylation is 1. The van der Waals surface area contributed by atoms with E-state index < -0.39 is 0 Å². The van der Waals surface area contributed by atoms with Crippen LogP contribution >= 0.6 is 0 Å². The van der Waals surface area contributed by atoms with Crippen molar-refractivity contribution in [1.82, 2.24) is 20.0 Å². The fraction of sp³-hybridized carbons (Fsp3) is 0.682. The molecule has 1 aliphatic rings. The molecule has 1 saturated heterocycles. The molecule has 0 saturated carbocycles. The fourth-order valence-electron chi connectivity index (χ4n) is 4.14. The van der Waals surface area contributed by atoms with Gasteiger partial charge in [-0.05, 0) is 70.4 Å². The first kappa shape index (κ1) is 20.2. The van der Waals surface area contributed by atoms with Crippen molar-refractivity contribution in [3.05, 3.63) is 24.3 Å². The number of anilines is 1. The lowest BCUT2D eigenvalue weighted by Gasteiger charge is -2.23. The van der Waals surface area contributed by atoms with E-state index >= 15 is 0 Å². The highest BCUT2D eigenvalue weighted by atomic mass is 15.3. The standard InChI is InChI=1S/C22H37N5/c1-3-26(4-2)17-10-18-27-21-14-6-5-13-20(21)22(25-27)24-16-9-12-19-11-7-8-15-23-19/h5-6,13-14,19,23H,3-4,7-12,15-18H2,1-2H3,(H,24,25). The number of para-hydroxylation sites is 1. The van der Waals surface area contributed by atoms with Gasteiger partial charge in [-0.15, -0.1) is 0 Å². The van der Waals surface area contributed by atoms with E-state index in [1.165, 1.54) is 49.6 Å². The van der Waals surface area contributed by atoms with Crippen LogP contribution < -0.4 is 10.6 Å². The van der Waals surface area contributed by atoms with Crippen molar-refractivity contribution in [2.24, 2.45) is 0 Å². The first-order chi connectivity index (χ1) is 13.3. The maximum Gasteiger partial charge on any atom is 0.155 e. The van der Waals surface area contributed by atoms with Crippen LogP contribution in [0.4, 0.5) is 5.82 Å². The molecule has 2 heterocycles. The minimum atomic E-state index is 0.718. The normalized spacial score (nSPS) is 17.7. The predicted molar refractivity (Wildman–Crippen MR) is 116 cm³/mol. The van der Waals surface area contributed by atoms with Gasteiger partial charge in [0.1, 0.15) is 0 Å². The third-order valence-corrected chi connectivity index (χ3v) is 5.83. The van der Waals surface area contributed by atoms with Gasteiger partial charge in [0.25, 0.3) is 0 Å². The van der Waals surface area contributed by atoms with Gasteiger partial charge in [-0.25, -0.2) is 0 Å².